The summed E-state index contributed by atoms with van der Waals surface area (Å²) in [5.41, 5.74) is 1.52. The second-order valence-corrected chi connectivity index (χ2v) is 6.98. The molecule has 1 fully saturated rings. The number of nitrogens with zero attached hydrogens (tertiary/aromatic N) is 1. The Kier molecular flexibility index (Phi) is 5.42. The van der Waals surface area contributed by atoms with Crippen molar-refractivity contribution >= 4 is 29.1 Å². The van der Waals surface area contributed by atoms with Crippen molar-refractivity contribution in [2.75, 3.05) is 13.1 Å². The summed E-state index contributed by atoms with van der Waals surface area (Å²) < 4.78 is 13.0. The third-order valence-corrected chi connectivity index (χ3v) is 5.15. The lowest BCUT2D eigenvalue weighted by Gasteiger charge is -2.32. The van der Waals surface area contributed by atoms with E-state index in [1.807, 2.05) is 17.0 Å². The fraction of sp³-hybridized carbons (Fsp3) is 0.316. The number of carbonyl (C=O) groups excluding carboxylic acids is 1. The Morgan fingerprint density at radius 1 is 1.04 bits per heavy atom. The maximum atomic E-state index is 13.0. The van der Waals surface area contributed by atoms with E-state index in [2.05, 4.69) is 0 Å². The highest BCUT2D eigenvalue weighted by molar-refractivity contribution is 6.39. The number of likely N-dealkylation sites (tertiary alicyclic amines) is 1. The Morgan fingerprint density at radius 2 is 1.62 bits per heavy atom. The van der Waals surface area contributed by atoms with Crippen LogP contribution < -0.4 is 0 Å². The van der Waals surface area contributed by atoms with Crippen LogP contribution in [0.4, 0.5) is 4.39 Å². The van der Waals surface area contributed by atoms with E-state index in [-0.39, 0.29) is 11.7 Å². The first-order chi connectivity index (χ1) is 11.5. The molecule has 0 bridgehead atoms. The number of benzene rings is 2. The predicted molar refractivity (Wildman–Crippen MR) is 95.2 cm³/mol. The van der Waals surface area contributed by atoms with Gasteiger partial charge in [-0.25, -0.2) is 4.39 Å². The van der Waals surface area contributed by atoms with Gasteiger partial charge in [-0.15, -0.1) is 0 Å². The molecule has 1 amide bonds. The zero-order chi connectivity index (χ0) is 17.1. The smallest absolute Gasteiger partial charge is 0.256 e. The summed E-state index contributed by atoms with van der Waals surface area (Å²) in [7, 11) is 0. The normalized spacial score (nSPS) is 15.5. The van der Waals surface area contributed by atoms with Crippen molar-refractivity contribution < 1.29 is 9.18 Å². The molecule has 2 aromatic rings. The molecule has 0 aliphatic carbocycles. The summed E-state index contributed by atoms with van der Waals surface area (Å²) in [6, 6.07) is 11.7. The Hall–Kier alpha value is -1.58. The van der Waals surface area contributed by atoms with Crippen LogP contribution in [0.1, 0.15) is 28.8 Å². The van der Waals surface area contributed by atoms with Crippen LogP contribution in [0.15, 0.2) is 42.5 Å². The van der Waals surface area contributed by atoms with Crippen LogP contribution in [0.2, 0.25) is 10.0 Å². The Labute approximate surface area is 151 Å². The third-order valence-electron chi connectivity index (χ3n) is 4.52. The van der Waals surface area contributed by atoms with E-state index in [0.717, 1.165) is 24.8 Å². The average Bonchev–Trinajstić information content (AvgIpc) is 2.57. The minimum absolute atomic E-state index is 0.106. The molecule has 1 heterocycles. The van der Waals surface area contributed by atoms with Crippen molar-refractivity contribution in [1.29, 1.82) is 0 Å². The number of piperidine rings is 1. The molecular formula is C19H18Cl2FNO. The molecule has 0 spiro atoms. The van der Waals surface area contributed by atoms with Crippen LogP contribution in [0.3, 0.4) is 0 Å². The van der Waals surface area contributed by atoms with Gasteiger partial charge >= 0.3 is 0 Å². The van der Waals surface area contributed by atoms with Crippen molar-refractivity contribution in [2.24, 2.45) is 5.92 Å². The zero-order valence-electron chi connectivity index (χ0n) is 13.1. The third kappa shape index (κ3) is 3.90. The predicted octanol–water partition coefficient (Wildman–Crippen LogP) is 5.23. The van der Waals surface area contributed by atoms with Crippen molar-refractivity contribution in [3.8, 4) is 0 Å². The Balaban J connectivity index is 1.60. The minimum atomic E-state index is -0.212. The Bertz CT molecular complexity index is 704. The fourth-order valence-corrected chi connectivity index (χ4v) is 3.71. The highest BCUT2D eigenvalue weighted by Gasteiger charge is 2.26. The van der Waals surface area contributed by atoms with Gasteiger partial charge in [-0.1, -0.05) is 41.4 Å². The molecule has 0 radical (unpaired) electrons. The summed E-state index contributed by atoms with van der Waals surface area (Å²) in [5.74, 6) is 0.183. The maximum Gasteiger partial charge on any atom is 0.256 e. The van der Waals surface area contributed by atoms with Gasteiger partial charge < -0.3 is 4.90 Å². The van der Waals surface area contributed by atoms with Gasteiger partial charge in [-0.3, -0.25) is 4.79 Å². The van der Waals surface area contributed by atoms with Crippen LogP contribution in [0, 0.1) is 11.7 Å². The van der Waals surface area contributed by atoms with E-state index in [1.54, 1.807) is 18.2 Å². The molecule has 5 heteroatoms. The Morgan fingerprint density at radius 3 is 2.21 bits per heavy atom. The van der Waals surface area contributed by atoms with Gasteiger partial charge in [0.1, 0.15) is 5.82 Å². The number of amides is 1. The van der Waals surface area contributed by atoms with Crippen molar-refractivity contribution in [2.45, 2.75) is 19.3 Å². The van der Waals surface area contributed by atoms with Crippen LogP contribution >= 0.6 is 23.2 Å². The largest absolute Gasteiger partial charge is 0.339 e. The highest BCUT2D eigenvalue weighted by Crippen LogP contribution is 2.28. The summed E-state index contributed by atoms with van der Waals surface area (Å²) >= 11 is 12.3. The molecular weight excluding hydrogens is 348 g/mol. The molecule has 0 atom stereocenters. The monoisotopic (exact) mass is 365 g/mol. The second kappa shape index (κ2) is 7.54. The number of hydrogen-bond donors (Lipinski definition) is 0. The topological polar surface area (TPSA) is 20.3 Å². The van der Waals surface area contributed by atoms with Crippen molar-refractivity contribution in [3.05, 3.63) is 69.5 Å². The van der Waals surface area contributed by atoms with E-state index in [9.17, 15) is 9.18 Å². The van der Waals surface area contributed by atoms with Gasteiger partial charge in [-0.05, 0) is 55.0 Å². The lowest BCUT2D eigenvalue weighted by molar-refractivity contribution is 0.0691. The highest BCUT2D eigenvalue weighted by atomic mass is 35.5. The molecule has 1 saturated heterocycles. The molecule has 3 rings (SSSR count). The molecule has 0 N–H and O–H groups in total. The first kappa shape index (κ1) is 17.2. The standard InChI is InChI=1S/C19H18Cl2FNO/c20-16-2-1-3-17(21)18(16)19(24)23-10-8-14(9-11-23)12-13-4-6-15(22)7-5-13/h1-7,14H,8-12H2. The molecule has 0 unspecified atom stereocenters. The molecule has 24 heavy (non-hydrogen) atoms. The van der Waals surface area contributed by atoms with Crippen LogP contribution in [0.5, 0.6) is 0 Å². The number of rotatable bonds is 3. The molecule has 2 nitrogen and oxygen atoms in total. The molecule has 0 aromatic heterocycles. The van der Waals surface area contributed by atoms with Crippen LogP contribution in [-0.4, -0.2) is 23.9 Å². The molecule has 126 valence electrons. The van der Waals surface area contributed by atoms with Gasteiger partial charge in [0.25, 0.3) is 5.91 Å². The number of carbonyl (C=O) groups is 1. The van der Waals surface area contributed by atoms with Gasteiger partial charge in [0.15, 0.2) is 0 Å². The maximum absolute atomic E-state index is 13.0. The first-order valence-electron chi connectivity index (χ1n) is 8.02. The summed E-state index contributed by atoms with van der Waals surface area (Å²) in [5, 5.41) is 0.780. The van der Waals surface area contributed by atoms with Crippen LogP contribution in [-0.2, 0) is 6.42 Å². The van der Waals surface area contributed by atoms with Gasteiger partial charge in [0.2, 0.25) is 0 Å². The number of halogens is 3. The van der Waals surface area contributed by atoms with E-state index in [0.29, 0.717) is 34.6 Å². The summed E-state index contributed by atoms with van der Waals surface area (Å²) in [6.45, 7) is 1.37. The average molecular weight is 366 g/mol. The molecule has 2 aromatic carbocycles. The molecule has 0 saturated carbocycles. The van der Waals surface area contributed by atoms with E-state index in [1.165, 1.54) is 12.1 Å². The molecule has 1 aliphatic rings. The molecule has 1 aliphatic heterocycles. The van der Waals surface area contributed by atoms with E-state index in [4.69, 9.17) is 23.2 Å². The summed E-state index contributed by atoms with van der Waals surface area (Å²) in [6.07, 6.45) is 2.76. The zero-order valence-corrected chi connectivity index (χ0v) is 14.7. The van der Waals surface area contributed by atoms with E-state index >= 15 is 0 Å². The quantitative estimate of drug-likeness (QED) is 0.729. The van der Waals surface area contributed by atoms with Gasteiger partial charge in [0, 0.05) is 13.1 Å². The van der Waals surface area contributed by atoms with Gasteiger partial charge in [0.05, 0.1) is 15.6 Å². The summed E-state index contributed by atoms with van der Waals surface area (Å²) in [4.78, 5) is 14.5. The minimum Gasteiger partial charge on any atom is -0.339 e. The lowest BCUT2D eigenvalue weighted by Crippen LogP contribution is -2.39. The van der Waals surface area contributed by atoms with Gasteiger partial charge in [-0.2, -0.15) is 0 Å². The lowest BCUT2D eigenvalue weighted by atomic mass is 9.90. The SMILES string of the molecule is O=C(c1c(Cl)cccc1Cl)N1CCC(Cc2ccc(F)cc2)CC1. The van der Waals surface area contributed by atoms with Crippen molar-refractivity contribution in [3.63, 3.8) is 0 Å². The fourth-order valence-electron chi connectivity index (χ4n) is 3.15. The number of hydrogen-bond acceptors (Lipinski definition) is 1. The van der Waals surface area contributed by atoms with Crippen LogP contribution in [0.25, 0.3) is 0 Å². The second-order valence-electron chi connectivity index (χ2n) is 6.16. The van der Waals surface area contributed by atoms with E-state index < -0.39 is 0 Å². The first-order valence-corrected chi connectivity index (χ1v) is 8.78. The van der Waals surface area contributed by atoms with Crippen molar-refractivity contribution in [1.82, 2.24) is 4.90 Å².